The maximum atomic E-state index is 13.5. The number of nitrogens with zero attached hydrogens (tertiary/aromatic N) is 1. The van der Waals surface area contributed by atoms with Crippen molar-refractivity contribution in [1.29, 1.82) is 0 Å². The van der Waals surface area contributed by atoms with Crippen LogP contribution in [0.4, 0.5) is 14.5 Å². The predicted molar refractivity (Wildman–Crippen MR) is 105 cm³/mol. The molecule has 1 heterocycles. The third kappa shape index (κ3) is 4.45. The number of rotatable bonds is 5. The number of benzene rings is 2. The van der Waals surface area contributed by atoms with Crippen molar-refractivity contribution in [2.75, 3.05) is 11.9 Å². The van der Waals surface area contributed by atoms with E-state index < -0.39 is 29.2 Å². The number of imide groups is 1. The molecule has 1 aliphatic heterocycles. The minimum Gasteiger partial charge on any atom is -0.503 e. The molecule has 0 saturated carbocycles. The molecular weight excluding hydrogens is 378 g/mol. The maximum Gasteiger partial charge on any atom is 0.277 e. The molecule has 0 fully saturated rings. The molecule has 0 radical (unpaired) electrons. The van der Waals surface area contributed by atoms with Crippen molar-refractivity contribution in [3.63, 3.8) is 0 Å². The molecule has 0 aliphatic carbocycles. The van der Waals surface area contributed by atoms with Gasteiger partial charge >= 0.3 is 0 Å². The van der Waals surface area contributed by atoms with Gasteiger partial charge < -0.3 is 10.4 Å². The van der Waals surface area contributed by atoms with E-state index in [2.05, 4.69) is 26.1 Å². The van der Waals surface area contributed by atoms with E-state index in [-0.39, 0.29) is 23.3 Å². The molecule has 0 aromatic heterocycles. The van der Waals surface area contributed by atoms with Crippen LogP contribution in [0.3, 0.4) is 0 Å². The van der Waals surface area contributed by atoms with Crippen molar-refractivity contribution in [3.05, 3.63) is 70.9 Å². The molecule has 7 heteroatoms. The van der Waals surface area contributed by atoms with Gasteiger partial charge in [-0.25, -0.2) is 8.78 Å². The highest BCUT2D eigenvalue weighted by molar-refractivity contribution is 6.17. The fourth-order valence-electron chi connectivity index (χ4n) is 3.02. The summed E-state index contributed by atoms with van der Waals surface area (Å²) in [6, 6.07) is 9.69. The number of aromatic hydroxyl groups is 1. The van der Waals surface area contributed by atoms with Gasteiger partial charge in [-0.2, -0.15) is 0 Å². The van der Waals surface area contributed by atoms with Crippen LogP contribution in [-0.2, 0) is 21.4 Å². The van der Waals surface area contributed by atoms with Gasteiger partial charge in [-0.1, -0.05) is 45.0 Å². The average Bonchev–Trinajstić information content (AvgIpc) is 2.90. The summed E-state index contributed by atoms with van der Waals surface area (Å²) in [4.78, 5) is 25.8. The maximum absolute atomic E-state index is 13.5. The Morgan fingerprint density at radius 1 is 1.03 bits per heavy atom. The first-order valence-corrected chi connectivity index (χ1v) is 9.18. The SMILES string of the molecule is CC(C)(C)c1ccc(CCN2C(=O)C=C(Nc3cc(F)c(O)c(F)c3)C2=O)cc1. The lowest BCUT2D eigenvalue weighted by molar-refractivity contribution is -0.137. The summed E-state index contributed by atoms with van der Waals surface area (Å²) in [5, 5.41) is 11.7. The van der Waals surface area contributed by atoms with Crippen LogP contribution >= 0.6 is 0 Å². The van der Waals surface area contributed by atoms with Gasteiger partial charge in [0.2, 0.25) is 0 Å². The van der Waals surface area contributed by atoms with E-state index in [0.717, 1.165) is 28.7 Å². The molecule has 2 aromatic carbocycles. The minimum absolute atomic E-state index is 0.0388. The van der Waals surface area contributed by atoms with Crippen LogP contribution in [-0.4, -0.2) is 28.4 Å². The molecule has 5 nitrogen and oxygen atoms in total. The standard InChI is InChI=1S/C22H22F2N2O3/c1-22(2,3)14-6-4-13(5-7-14)8-9-26-19(27)12-18(21(26)29)25-15-10-16(23)20(28)17(24)11-15/h4-7,10-12,25,28H,8-9H2,1-3H3. The lowest BCUT2D eigenvalue weighted by atomic mass is 9.86. The molecule has 1 aliphatic rings. The van der Waals surface area contributed by atoms with Crippen LogP contribution < -0.4 is 5.32 Å². The molecule has 0 spiro atoms. The lowest BCUT2D eigenvalue weighted by Gasteiger charge is -2.19. The molecule has 0 unspecified atom stereocenters. The third-order valence-electron chi connectivity index (χ3n) is 4.75. The molecule has 2 N–H and O–H groups in total. The van der Waals surface area contributed by atoms with Gasteiger partial charge in [0.25, 0.3) is 11.8 Å². The van der Waals surface area contributed by atoms with Gasteiger partial charge in [-0.3, -0.25) is 14.5 Å². The van der Waals surface area contributed by atoms with E-state index in [9.17, 15) is 18.4 Å². The Morgan fingerprint density at radius 2 is 1.62 bits per heavy atom. The number of carbonyl (C=O) groups excluding carboxylic acids is 2. The number of carbonyl (C=O) groups is 2. The number of phenols is 1. The summed E-state index contributed by atoms with van der Waals surface area (Å²) in [6.07, 6.45) is 1.58. The quantitative estimate of drug-likeness (QED) is 0.590. The minimum atomic E-state index is -1.17. The second-order valence-corrected chi connectivity index (χ2v) is 7.96. The normalized spacial score (nSPS) is 14.4. The fourth-order valence-corrected chi connectivity index (χ4v) is 3.02. The van der Waals surface area contributed by atoms with E-state index in [4.69, 9.17) is 5.11 Å². The number of anilines is 1. The Morgan fingerprint density at radius 3 is 2.17 bits per heavy atom. The average molecular weight is 400 g/mol. The van der Waals surface area contributed by atoms with E-state index >= 15 is 0 Å². The zero-order valence-electron chi connectivity index (χ0n) is 16.4. The monoisotopic (exact) mass is 400 g/mol. The van der Waals surface area contributed by atoms with Crippen LogP contribution in [0, 0.1) is 11.6 Å². The van der Waals surface area contributed by atoms with Crippen LogP contribution in [0.5, 0.6) is 5.75 Å². The number of hydrogen-bond acceptors (Lipinski definition) is 4. The molecule has 2 aromatic rings. The van der Waals surface area contributed by atoms with E-state index in [1.54, 1.807) is 0 Å². The number of halogens is 2. The van der Waals surface area contributed by atoms with Gasteiger partial charge in [0.1, 0.15) is 5.70 Å². The summed E-state index contributed by atoms with van der Waals surface area (Å²) in [5.74, 6) is -4.50. The smallest absolute Gasteiger partial charge is 0.277 e. The Bertz CT molecular complexity index is 969. The predicted octanol–water partition coefficient (Wildman–Crippen LogP) is 3.88. The van der Waals surface area contributed by atoms with Crippen molar-refractivity contribution in [3.8, 4) is 5.75 Å². The summed E-state index contributed by atoms with van der Waals surface area (Å²) in [7, 11) is 0. The zero-order valence-corrected chi connectivity index (χ0v) is 16.4. The van der Waals surface area contributed by atoms with Gasteiger partial charge in [-0.05, 0) is 23.0 Å². The van der Waals surface area contributed by atoms with Gasteiger partial charge in [-0.15, -0.1) is 0 Å². The van der Waals surface area contributed by atoms with Crippen molar-refractivity contribution < 1.29 is 23.5 Å². The number of nitrogens with one attached hydrogen (secondary N) is 1. The van der Waals surface area contributed by atoms with Crippen molar-refractivity contribution in [2.45, 2.75) is 32.6 Å². The van der Waals surface area contributed by atoms with Crippen LogP contribution in [0.15, 0.2) is 48.2 Å². The van der Waals surface area contributed by atoms with Crippen LogP contribution in [0.1, 0.15) is 31.9 Å². The number of phenolic OH excluding ortho intramolecular Hbond substituents is 1. The Hall–Kier alpha value is -3.22. The van der Waals surface area contributed by atoms with Gasteiger partial charge in [0, 0.05) is 30.4 Å². The highest BCUT2D eigenvalue weighted by atomic mass is 19.1. The second kappa shape index (κ2) is 7.66. The first kappa shape index (κ1) is 20.5. The lowest BCUT2D eigenvalue weighted by Crippen LogP contribution is -2.33. The van der Waals surface area contributed by atoms with Crippen LogP contribution in [0.25, 0.3) is 0 Å². The van der Waals surface area contributed by atoms with Crippen LogP contribution in [0.2, 0.25) is 0 Å². The summed E-state index contributed by atoms with van der Waals surface area (Å²) in [6.45, 7) is 6.55. The van der Waals surface area contributed by atoms with E-state index in [0.29, 0.717) is 6.42 Å². The number of hydrogen-bond donors (Lipinski definition) is 2. The second-order valence-electron chi connectivity index (χ2n) is 7.96. The molecule has 2 amide bonds. The number of amides is 2. The van der Waals surface area contributed by atoms with Crippen molar-refractivity contribution >= 4 is 17.5 Å². The van der Waals surface area contributed by atoms with Gasteiger partial charge in [0.15, 0.2) is 17.4 Å². The fraction of sp³-hybridized carbons (Fsp3) is 0.273. The summed E-state index contributed by atoms with van der Waals surface area (Å²) in [5.41, 5.74) is 2.06. The van der Waals surface area contributed by atoms with E-state index in [1.807, 2.05) is 24.3 Å². The molecule has 0 saturated heterocycles. The Labute approximate surface area is 167 Å². The zero-order chi connectivity index (χ0) is 21.3. The first-order chi connectivity index (χ1) is 13.6. The van der Waals surface area contributed by atoms with Gasteiger partial charge in [0.05, 0.1) is 0 Å². The molecule has 152 valence electrons. The highest BCUT2D eigenvalue weighted by Crippen LogP contribution is 2.26. The Balaban J connectivity index is 1.65. The topological polar surface area (TPSA) is 69.6 Å². The van der Waals surface area contributed by atoms with Crippen molar-refractivity contribution in [1.82, 2.24) is 4.90 Å². The molecule has 3 rings (SSSR count). The third-order valence-corrected chi connectivity index (χ3v) is 4.75. The summed E-state index contributed by atoms with van der Waals surface area (Å²) < 4.78 is 26.9. The molecule has 29 heavy (non-hydrogen) atoms. The molecule has 0 bridgehead atoms. The summed E-state index contributed by atoms with van der Waals surface area (Å²) >= 11 is 0. The van der Waals surface area contributed by atoms with Crippen molar-refractivity contribution in [2.24, 2.45) is 0 Å². The molecule has 0 atom stereocenters. The molecular formula is C22H22F2N2O3. The Kier molecular flexibility index (Phi) is 5.42. The van der Waals surface area contributed by atoms with E-state index in [1.165, 1.54) is 5.56 Å². The largest absolute Gasteiger partial charge is 0.503 e. The first-order valence-electron chi connectivity index (χ1n) is 9.18. The highest BCUT2D eigenvalue weighted by Gasteiger charge is 2.31.